The highest BCUT2D eigenvalue weighted by Crippen LogP contribution is 2.21. The summed E-state index contributed by atoms with van der Waals surface area (Å²) in [6, 6.07) is 3.33. The molecule has 7 nitrogen and oxygen atoms in total. The number of hydrogen-bond donors (Lipinski definition) is 4. The van der Waals surface area contributed by atoms with Crippen LogP contribution in [0.4, 0.5) is 5.69 Å². The fourth-order valence-corrected chi connectivity index (χ4v) is 1.80. The number of anilines is 1. The third kappa shape index (κ3) is 4.63. The molecule has 0 bridgehead atoms. The Morgan fingerprint density at radius 1 is 1.30 bits per heavy atom. The second kappa shape index (κ2) is 7.01. The molecular formula is C12H13BrN2O5. The minimum atomic E-state index is -1.19. The van der Waals surface area contributed by atoms with Gasteiger partial charge in [0.25, 0.3) is 0 Å². The van der Waals surface area contributed by atoms with Gasteiger partial charge in [0.05, 0.1) is 17.3 Å². The van der Waals surface area contributed by atoms with Crippen molar-refractivity contribution in [1.29, 1.82) is 0 Å². The fourth-order valence-electron chi connectivity index (χ4n) is 1.44. The molecule has 20 heavy (non-hydrogen) atoms. The van der Waals surface area contributed by atoms with Gasteiger partial charge in [0, 0.05) is 10.9 Å². The number of aromatic carboxylic acids is 1. The average Bonchev–Trinajstić information content (AvgIpc) is 2.37. The van der Waals surface area contributed by atoms with Crippen LogP contribution in [-0.4, -0.2) is 34.1 Å². The predicted molar refractivity (Wildman–Crippen MR) is 74.6 cm³/mol. The highest BCUT2D eigenvalue weighted by Gasteiger charge is 2.18. The third-order valence-corrected chi connectivity index (χ3v) is 2.97. The first-order valence-corrected chi connectivity index (χ1v) is 6.41. The number of carboxylic acids is 2. The van der Waals surface area contributed by atoms with Crippen molar-refractivity contribution >= 4 is 39.5 Å². The number of nitrogens with two attached hydrogens (primary N) is 1. The summed E-state index contributed by atoms with van der Waals surface area (Å²) in [5, 5.41) is 19.9. The zero-order chi connectivity index (χ0) is 15.3. The fraction of sp³-hybridized carbons (Fsp3) is 0.250. The van der Waals surface area contributed by atoms with Gasteiger partial charge in [-0.2, -0.15) is 0 Å². The summed E-state index contributed by atoms with van der Waals surface area (Å²) in [4.78, 5) is 33.2. The molecule has 108 valence electrons. The molecule has 0 aliphatic rings. The molecule has 0 heterocycles. The Hall–Kier alpha value is -1.93. The summed E-state index contributed by atoms with van der Waals surface area (Å²) in [5.74, 6) is -2.88. The molecule has 1 rings (SSSR count). The SMILES string of the molecule is NC(CCC(=O)O)C(=O)Nc1ccc(Br)cc1C(=O)O. The first-order valence-electron chi connectivity index (χ1n) is 5.62. The van der Waals surface area contributed by atoms with Crippen LogP contribution in [0.25, 0.3) is 0 Å². The van der Waals surface area contributed by atoms with Gasteiger partial charge in [-0.15, -0.1) is 0 Å². The maximum absolute atomic E-state index is 11.8. The second-order valence-corrected chi connectivity index (χ2v) is 4.94. The molecule has 0 fully saturated rings. The zero-order valence-corrected chi connectivity index (χ0v) is 11.9. The Morgan fingerprint density at radius 3 is 2.50 bits per heavy atom. The van der Waals surface area contributed by atoms with Crippen molar-refractivity contribution in [2.24, 2.45) is 5.73 Å². The molecule has 5 N–H and O–H groups in total. The van der Waals surface area contributed by atoms with Crippen LogP contribution in [0.2, 0.25) is 0 Å². The van der Waals surface area contributed by atoms with Crippen LogP contribution in [0.3, 0.4) is 0 Å². The van der Waals surface area contributed by atoms with Crippen LogP contribution < -0.4 is 11.1 Å². The summed E-state index contributed by atoms with van der Waals surface area (Å²) in [6.45, 7) is 0. The maximum Gasteiger partial charge on any atom is 0.337 e. The summed E-state index contributed by atoms with van der Waals surface area (Å²) in [7, 11) is 0. The van der Waals surface area contributed by atoms with Crippen molar-refractivity contribution in [3.63, 3.8) is 0 Å². The predicted octanol–water partition coefficient (Wildman–Crippen LogP) is 1.28. The van der Waals surface area contributed by atoms with E-state index >= 15 is 0 Å². The summed E-state index contributed by atoms with van der Waals surface area (Å²) in [5.41, 5.74) is 5.56. The van der Waals surface area contributed by atoms with E-state index in [0.717, 1.165) is 0 Å². The minimum absolute atomic E-state index is 0.0277. The number of carbonyl (C=O) groups is 3. The molecule has 1 aromatic rings. The monoisotopic (exact) mass is 344 g/mol. The van der Waals surface area contributed by atoms with E-state index in [4.69, 9.17) is 15.9 Å². The number of nitrogens with one attached hydrogen (secondary N) is 1. The van der Waals surface area contributed by atoms with Gasteiger partial charge in [0.15, 0.2) is 0 Å². The number of amides is 1. The number of carboxylic acid groups (broad SMARTS) is 2. The van der Waals surface area contributed by atoms with E-state index in [9.17, 15) is 14.4 Å². The lowest BCUT2D eigenvalue weighted by Gasteiger charge is -2.13. The normalized spacial score (nSPS) is 11.7. The van der Waals surface area contributed by atoms with E-state index in [1.165, 1.54) is 12.1 Å². The molecule has 0 aliphatic heterocycles. The van der Waals surface area contributed by atoms with Crippen LogP contribution in [0.1, 0.15) is 23.2 Å². The standard InChI is InChI=1S/C12H13BrN2O5/c13-6-1-3-9(7(5-6)12(19)20)15-11(18)8(14)2-4-10(16)17/h1,3,5,8H,2,4,14H2,(H,15,18)(H,16,17)(H,19,20). The first kappa shape index (κ1) is 16.1. The van der Waals surface area contributed by atoms with Crippen molar-refractivity contribution in [3.8, 4) is 0 Å². The smallest absolute Gasteiger partial charge is 0.337 e. The number of carbonyl (C=O) groups excluding carboxylic acids is 1. The van der Waals surface area contributed by atoms with Crippen molar-refractivity contribution in [1.82, 2.24) is 0 Å². The Kier molecular flexibility index (Phi) is 5.66. The average molecular weight is 345 g/mol. The Morgan fingerprint density at radius 2 is 1.95 bits per heavy atom. The molecule has 1 aromatic carbocycles. The molecule has 0 aliphatic carbocycles. The Labute approximate surface area is 122 Å². The van der Waals surface area contributed by atoms with Gasteiger partial charge in [-0.05, 0) is 24.6 Å². The Balaban J connectivity index is 2.80. The van der Waals surface area contributed by atoms with Crippen LogP contribution >= 0.6 is 15.9 Å². The molecule has 8 heteroatoms. The quantitative estimate of drug-likeness (QED) is 0.614. The Bertz CT molecular complexity index is 547. The van der Waals surface area contributed by atoms with Crippen molar-refractivity contribution in [3.05, 3.63) is 28.2 Å². The first-order chi connectivity index (χ1) is 9.31. The lowest BCUT2D eigenvalue weighted by molar-refractivity contribution is -0.137. The molecule has 0 radical (unpaired) electrons. The third-order valence-electron chi connectivity index (χ3n) is 2.48. The summed E-state index contributed by atoms with van der Waals surface area (Å²) >= 11 is 3.13. The highest BCUT2D eigenvalue weighted by molar-refractivity contribution is 9.10. The van der Waals surface area contributed by atoms with Crippen LogP contribution in [0.5, 0.6) is 0 Å². The van der Waals surface area contributed by atoms with E-state index in [0.29, 0.717) is 4.47 Å². The van der Waals surface area contributed by atoms with Gasteiger partial charge in [-0.3, -0.25) is 9.59 Å². The van der Waals surface area contributed by atoms with Crippen molar-refractivity contribution < 1.29 is 24.6 Å². The largest absolute Gasteiger partial charge is 0.481 e. The van der Waals surface area contributed by atoms with E-state index < -0.39 is 23.9 Å². The van der Waals surface area contributed by atoms with Gasteiger partial charge < -0.3 is 21.3 Å². The molecular weight excluding hydrogens is 332 g/mol. The van der Waals surface area contributed by atoms with Crippen molar-refractivity contribution in [2.75, 3.05) is 5.32 Å². The molecule has 1 atom stereocenters. The lowest BCUT2D eigenvalue weighted by atomic mass is 10.1. The van der Waals surface area contributed by atoms with Gasteiger partial charge in [0.2, 0.25) is 5.91 Å². The van der Waals surface area contributed by atoms with Gasteiger partial charge in [-0.1, -0.05) is 15.9 Å². The summed E-state index contributed by atoms with van der Waals surface area (Å²) in [6.07, 6.45) is -0.263. The van der Waals surface area contributed by atoms with Crippen LogP contribution in [0.15, 0.2) is 22.7 Å². The van der Waals surface area contributed by atoms with E-state index in [1.54, 1.807) is 6.07 Å². The van der Waals surface area contributed by atoms with Gasteiger partial charge in [0.1, 0.15) is 0 Å². The van der Waals surface area contributed by atoms with Gasteiger partial charge in [-0.25, -0.2) is 4.79 Å². The number of hydrogen-bond acceptors (Lipinski definition) is 4. The van der Waals surface area contributed by atoms with E-state index in [1.807, 2.05) is 0 Å². The topological polar surface area (TPSA) is 130 Å². The molecule has 0 saturated carbocycles. The van der Waals surface area contributed by atoms with E-state index in [-0.39, 0.29) is 24.1 Å². The number of benzene rings is 1. The molecule has 0 spiro atoms. The van der Waals surface area contributed by atoms with Crippen molar-refractivity contribution in [2.45, 2.75) is 18.9 Å². The molecule has 0 aromatic heterocycles. The molecule has 0 saturated heterocycles. The number of rotatable bonds is 6. The molecule has 1 unspecified atom stereocenters. The van der Waals surface area contributed by atoms with E-state index in [2.05, 4.69) is 21.2 Å². The minimum Gasteiger partial charge on any atom is -0.481 e. The van der Waals surface area contributed by atoms with Crippen LogP contribution in [-0.2, 0) is 9.59 Å². The molecule has 1 amide bonds. The number of aliphatic carboxylic acids is 1. The maximum atomic E-state index is 11.8. The van der Waals surface area contributed by atoms with Gasteiger partial charge >= 0.3 is 11.9 Å². The number of halogens is 1. The lowest BCUT2D eigenvalue weighted by Crippen LogP contribution is -2.36. The van der Waals surface area contributed by atoms with Crippen LogP contribution in [0, 0.1) is 0 Å². The zero-order valence-electron chi connectivity index (χ0n) is 10.3. The summed E-state index contributed by atoms with van der Waals surface area (Å²) < 4.78 is 0.558. The highest BCUT2D eigenvalue weighted by atomic mass is 79.9. The second-order valence-electron chi connectivity index (χ2n) is 4.02.